The summed E-state index contributed by atoms with van der Waals surface area (Å²) in [6.45, 7) is 0.310. The van der Waals surface area contributed by atoms with Crippen LogP contribution in [0.25, 0.3) is 27.4 Å². The summed E-state index contributed by atoms with van der Waals surface area (Å²) in [6.07, 6.45) is 0.976. The van der Waals surface area contributed by atoms with Gasteiger partial charge in [-0.05, 0) is 17.7 Å². The fourth-order valence-corrected chi connectivity index (χ4v) is 3.13. The molecule has 25 heavy (non-hydrogen) atoms. The minimum absolute atomic E-state index is 0.141. The standard InChI is InChI=1S/C17H13F3N4O/c18-17(19,20)7-13(25)24-6-3-11(9-24)15-14-10(1-4-21-15)8-23-16-12(14)2-5-22-16/h1-5,8,21H,6-7,9H2. The van der Waals surface area contributed by atoms with E-state index in [1.165, 1.54) is 4.90 Å². The number of carbonyl (C=O) groups excluding carboxylic acids is 1. The maximum Gasteiger partial charge on any atom is 0.397 e. The number of alkyl halides is 3. The van der Waals surface area contributed by atoms with Gasteiger partial charge in [-0.25, -0.2) is 9.97 Å². The molecule has 1 aliphatic rings. The van der Waals surface area contributed by atoms with E-state index in [0.717, 1.165) is 27.4 Å². The van der Waals surface area contributed by atoms with Crippen molar-refractivity contribution in [2.45, 2.75) is 12.6 Å². The summed E-state index contributed by atoms with van der Waals surface area (Å²) in [4.78, 5) is 24.7. The van der Waals surface area contributed by atoms with Gasteiger partial charge in [-0.15, -0.1) is 0 Å². The average Bonchev–Trinajstić information content (AvgIpc) is 3.22. The number of pyridine rings is 2. The summed E-state index contributed by atoms with van der Waals surface area (Å²) in [6, 6.07) is 3.73. The highest BCUT2D eigenvalue weighted by atomic mass is 19.4. The van der Waals surface area contributed by atoms with Gasteiger partial charge in [0, 0.05) is 47.8 Å². The van der Waals surface area contributed by atoms with Crippen molar-refractivity contribution in [3.05, 3.63) is 42.5 Å². The number of hydrogen-bond donors (Lipinski definition) is 1. The van der Waals surface area contributed by atoms with Crippen LogP contribution in [0.3, 0.4) is 0 Å². The molecule has 0 bridgehead atoms. The Balaban J connectivity index is 1.69. The highest BCUT2D eigenvalue weighted by Gasteiger charge is 2.34. The molecule has 0 spiro atoms. The van der Waals surface area contributed by atoms with Gasteiger partial charge < -0.3 is 9.88 Å². The molecule has 128 valence electrons. The van der Waals surface area contributed by atoms with Gasteiger partial charge >= 0.3 is 6.18 Å². The van der Waals surface area contributed by atoms with E-state index >= 15 is 0 Å². The van der Waals surface area contributed by atoms with Crippen molar-refractivity contribution in [1.82, 2.24) is 19.9 Å². The molecule has 1 aliphatic heterocycles. The first-order valence-corrected chi connectivity index (χ1v) is 7.67. The number of aromatic amines is 1. The van der Waals surface area contributed by atoms with Gasteiger partial charge in [0.2, 0.25) is 5.91 Å². The summed E-state index contributed by atoms with van der Waals surface area (Å²) in [7, 11) is 0. The Morgan fingerprint density at radius 1 is 1.28 bits per heavy atom. The van der Waals surface area contributed by atoms with Gasteiger partial charge in [-0.3, -0.25) is 4.79 Å². The zero-order chi connectivity index (χ0) is 17.6. The number of carbonyl (C=O) groups is 1. The number of nitrogens with zero attached hydrogens (tertiary/aromatic N) is 3. The molecular weight excluding hydrogens is 333 g/mol. The molecule has 0 atom stereocenters. The Bertz CT molecular complexity index is 1010. The van der Waals surface area contributed by atoms with Crippen LogP contribution in [0.15, 0.2) is 36.8 Å². The first-order chi connectivity index (χ1) is 11.9. The minimum atomic E-state index is -4.50. The molecule has 0 radical (unpaired) electrons. The monoisotopic (exact) mass is 346 g/mol. The second-order valence-corrected chi connectivity index (χ2v) is 5.92. The third kappa shape index (κ3) is 2.84. The summed E-state index contributed by atoms with van der Waals surface area (Å²) in [5, 5.41) is 2.67. The van der Waals surface area contributed by atoms with E-state index in [9.17, 15) is 18.0 Å². The lowest BCUT2D eigenvalue weighted by Crippen LogP contribution is -2.32. The maximum atomic E-state index is 12.4. The average molecular weight is 346 g/mol. The van der Waals surface area contributed by atoms with Crippen molar-refractivity contribution in [3.8, 4) is 0 Å². The molecule has 0 aliphatic carbocycles. The highest BCUT2D eigenvalue weighted by Crippen LogP contribution is 2.31. The molecule has 0 saturated heterocycles. The van der Waals surface area contributed by atoms with Crippen LogP contribution in [0.2, 0.25) is 0 Å². The van der Waals surface area contributed by atoms with E-state index in [4.69, 9.17) is 0 Å². The quantitative estimate of drug-likeness (QED) is 0.775. The minimum Gasteiger partial charge on any atom is -0.361 e. The molecule has 0 saturated carbocycles. The molecule has 8 heteroatoms. The predicted molar refractivity (Wildman–Crippen MR) is 86.6 cm³/mol. The van der Waals surface area contributed by atoms with Crippen LogP contribution in [0, 0.1) is 0 Å². The van der Waals surface area contributed by atoms with Gasteiger partial charge in [0.15, 0.2) is 5.65 Å². The zero-order valence-electron chi connectivity index (χ0n) is 13.0. The number of hydrogen-bond acceptors (Lipinski definition) is 3. The number of amides is 1. The van der Waals surface area contributed by atoms with Gasteiger partial charge in [-0.2, -0.15) is 13.2 Å². The van der Waals surface area contributed by atoms with Gasteiger partial charge in [-0.1, -0.05) is 6.08 Å². The van der Waals surface area contributed by atoms with E-state index in [2.05, 4.69) is 15.0 Å². The van der Waals surface area contributed by atoms with Gasteiger partial charge in [0.1, 0.15) is 6.42 Å². The number of H-pyrrole nitrogens is 1. The van der Waals surface area contributed by atoms with Crippen LogP contribution >= 0.6 is 0 Å². The molecule has 3 aromatic heterocycles. The molecule has 3 aromatic rings. The van der Waals surface area contributed by atoms with Crippen molar-refractivity contribution >= 4 is 33.3 Å². The normalized spacial score (nSPS) is 15.2. The molecule has 4 heterocycles. The first kappa shape index (κ1) is 15.6. The SMILES string of the molecule is O=C(CC(F)(F)F)N1CC=C(c2[nH]ccc3cnc4nccc4c23)C1. The van der Waals surface area contributed by atoms with Crippen LogP contribution in [0.1, 0.15) is 12.1 Å². The lowest BCUT2D eigenvalue weighted by molar-refractivity contribution is -0.160. The van der Waals surface area contributed by atoms with Crippen molar-refractivity contribution < 1.29 is 18.0 Å². The van der Waals surface area contributed by atoms with Crippen LogP contribution < -0.4 is 0 Å². The molecule has 5 nitrogen and oxygen atoms in total. The molecule has 1 amide bonds. The number of aromatic nitrogens is 3. The second-order valence-electron chi connectivity index (χ2n) is 5.92. The Morgan fingerprint density at radius 3 is 2.92 bits per heavy atom. The third-order valence-corrected chi connectivity index (χ3v) is 4.25. The second kappa shape index (κ2) is 5.58. The Morgan fingerprint density at radius 2 is 2.12 bits per heavy atom. The highest BCUT2D eigenvalue weighted by molar-refractivity contribution is 6.09. The van der Waals surface area contributed by atoms with E-state index in [-0.39, 0.29) is 13.1 Å². The number of nitrogens with one attached hydrogen (secondary N) is 1. The molecule has 4 rings (SSSR count). The number of halogens is 3. The van der Waals surface area contributed by atoms with E-state index in [1.54, 1.807) is 24.7 Å². The maximum absolute atomic E-state index is 12.4. The Labute approximate surface area is 140 Å². The van der Waals surface area contributed by atoms with Crippen LogP contribution in [0.5, 0.6) is 0 Å². The summed E-state index contributed by atoms with van der Waals surface area (Å²) >= 11 is 0. The Kier molecular flexibility index (Phi) is 3.48. The van der Waals surface area contributed by atoms with E-state index < -0.39 is 18.5 Å². The zero-order valence-corrected chi connectivity index (χ0v) is 13.0. The van der Waals surface area contributed by atoms with Crippen LogP contribution in [-0.2, 0) is 4.79 Å². The van der Waals surface area contributed by atoms with Gasteiger partial charge in [0.05, 0.1) is 5.69 Å². The van der Waals surface area contributed by atoms with Crippen molar-refractivity contribution in [2.75, 3.05) is 13.1 Å². The fraction of sp³-hybridized carbons (Fsp3) is 0.235. The smallest absolute Gasteiger partial charge is 0.361 e. The molecule has 0 unspecified atom stereocenters. The lowest BCUT2D eigenvalue weighted by atomic mass is 10.0. The van der Waals surface area contributed by atoms with E-state index in [0.29, 0.717) is 5.65 Å². The molecular formula is C17H13F3N4O. The molecule has 1 N–H and O–H groups in total. The van der Waals surface area contributed by atoms with Crippen molar-refractivity contribution in [2.24, 2.45) is 0 Å². The van der Waals surface area contributed by atoms with Crippen LogP contribution in [-0.4, -0.2) is 45.0 Å². The van der Waals surface area contributed by atoms with Gasteiger partial charge in [0.25, 0.3) is 0 Å². The molecule has 0 fully saturated rings. The summed E-state index contributed by atoms with van der Waals surface area (Å²) in [5.41, 5.74) is 2.17. The van der Waals surface area contributed by atoms with E-state index in [1.807, 2.05) is 12.1 Å². The lowest BCUT2D eigenvalue weighted by Gasteiger charge is -2.18. The summed E-state index contributed by atoms with van der Waals surface area (Å²) < 4.78 is 37.3. The fourth-order valence-electron chi connectivity index (χ4n) is 3.13. The number of rotatable bonds is 2. The Hall–Kier alpha value is -2.90. The van der Waals surface area contributed by atoms with Crippen molar-refractivity contribution in [1.29, 1.82) is 0 Å². The molecule has 0 aromatic carbocycles. The topological polar surface area (TPSA) is 61.9 Å². The third-order valence-electron chi connectivity index (χ3n) is 4.25. The predicted octanol–water partition coefficient (Wildman–Crippen LogP) is 3.29. The largest absolute Gasteiger partial charge is 0.397 e. The number of fused-ring (bicyclic) bond motifs is 3. The first-order valence-electron chi connectivity index (χ1n) is 7.67. The van der Waals surface area contributed by atoms with Crippen molar-refractivity contribution in [3.63, 3.8) is 0 Å². The summed E-state index contributed by atoms with van der Waals surface area (Å²) in [5.74, 6) is -0.916. The van der Waals surface area contributed by atoms with Crippen LogP contribution in [0.4, 0.5) is 13.2 Å².